The summed E-state index contributed by atoms with van der Waals surface area (Å²) in [6.45, 7) is 0. The second-order valence-corrected chi connectivity index (χ2v) is 3.28. The maximum absolute atomic E-state index is 13.2. The van der Waals surface area contributed by atoms with E-state index in [2.05, 4.69) is 21.0 Å². The number of hydrogen-bond acceptors (Lipinski definition) is 2. The zero-order valence-corrected chi connectivity index (χ0v) is 9.29. The first kappa shape index (κ1) is 11.6. The molecule has 2 amide bonds. The lowest BCUT2D eigenvalue weighted by Crippen LogP contribution is -2.24. The summed E-state index contributed by atoms with van der Waals surface area (Å²) in [6.07, 6.45) is 1.20. The van der Waals surface area contributed by atoms with Gasteiger partial charge in [0.05, 0.1) is 6.21 Å². The van der Waals surface area contributed by atoms with Gasteiger partial charge in [0.2, 0.25) is 0 Å². The van der Waals surface area contributed by atoms with E-state index in [0.717, 1.165) is 5.56 Å². The van der Waals surface area contributed by atoms with Crippen LogP contribution in [0.15, 0.2) is 23.3 Å². The minimum Gasteiger partial charge on any atom is -0.350 e. The highest BCUT2D eigenvalue weighted by atomic mass is 79.9. The molecule has 1 rings (SSSR count). The van der Waals surface area contributed by atoms with Gasteiger partial charge in [0.25, 0.3) is 0 Å². The van der Waals surface area contributed by atoms with E-state index in [9.17, 15) is 9.18 Å². The van der Waals surface area contributed by atoms with Crippen LogP contribution < -0.4 is 11.2 Å². The quantitative estimate of drug-likeness (QED) is 0.492. The fraction of sp³-hybridized carbons (Fsp3) is 0.111. The van der Waals surface area contributed by atoms with Crippen molar-refractivity contribution in [1.82, 2.24) is 5.43 Å². The topological polar surface area (TPSA) is 67.5 Å². The molecule has 1 aromatic rings. The molecule has 0 aliphatic heterocycles. The van der Waals surface area contributed by atoms with Gasteiger partial charge < -0.3 is 5.73 Å². The number of benzene rings is 1. The molecule has 4 nitrogen and oxygen atoms in total. The zero-order valence-electron chi connectivity index (χ0n) is 7.71. The number of hydrazone groups is 1. The van der Waals surface area contributed by atoms with E-state index >= 15 is 0 Å². The molecule has 6 heteroatoms. The number of urea groups is 1. The van der Waals surface area contributed by atoms with Gasteiger partial charge >= 0.3 is 6.03 Å². The standard InChI is InChI=1S/C9H9BrFN3O/c10-4-6-1-2-8(11)7(3-6)5-13-14-9(12)15/h1-3,5H,4H2,(H3,12,14,15). The molecule has 80 valence electrons. The third kappa shape index (κ3) is 3.67. The van der Waals surface area contributed by atoms with Crippen molar-refractivity contribution in [2.75, 3.05) is 0 Å². The van der Waals surface area contributed by atoms with E-state index in [1.807, 2.05) is 5.43 Å². The molecule has 0 atom stereocenters. The third-order valence-electron chi connectivity index (χ3n) is 1.59. The Labute approximate surface area is 94.5 Å². The number of amides is 2. The summed E-state index contributed by atoms with van der Waals surface area (Å²) in [7, 11) is 0. The van der Waals surface area contributed by atoms with Crippen molar-refractivity contribution in [1.29, 1.82) is 0 Å². The Balaban J connectivity index is 2.83. The number of nitrogens with one attached hydrogen (secondary N) is 1. The Bertz CT molecular complexity index is 395. The molecule has 0 aliphatic carbocycles. The summed E-state index contributed by atoms with van der Waals surface area (Å²) >= 11 is 3.25. The van der Waals surface area contributed by atoms with Crippen molar-refractivity contribution < 1.29 is 9.18 Å². The minimum absolute atomic E-state index is 0.292. The van der Waals surface area contributed by atoms with Crippen LogP contribution in [0.2, 0.25) is 0 Å². The summed E-state index contributed by atoms with van der Waals surface area (Å²) in [4.78, 5) is 10.3. The Hall–Kier alpha value is -1.43. The van der Waals surface area contributed by atoms with Gasteiger partial charge in [-0.25, -0.2) is 14.6 Å². The highest BCUT2D eigenvalue weighted by Gasteiger charge is 2.00. The zero-order chi connectivity index (χ0) is 11.3. The van der Waals surface area contributed by atoms with Crippen LogP contribution >= 0.6 is 15.9 Å². The van der Waals surface area contributed by atoms with Crippen molar-refractivity contribution in [3.05, 3.63) is 35.1 Å². The summed E-state index contributed by atoms with van der Waals surface area (Å²) in [5, 5.41) is 4.09. The average molecular weight is 274 g/mol. The predicted molar refractivity (Wildman–Crippen MR) is 59.3 cm³/mol. The van der Waals surface area contributed by atoms with Crippen LogP contribution in [0, 0.1) is 5.82 Å². The van der Waals surface area contributed by atoms with Crippen LogP contribution in [0.5, 0.6) is 0 Å². The number of alkyl halides is 1. The monoisotopic (exact) mass is 273 g/mol. The molecule has 0 aromatic heterocycles. The first-order valence-corrected chi connectivity index (χ1v) is 5.18. The maximum Gasteiger partial charge on any atom is 0.332 e. The summed E-state index contributed by atoms with van der Waals surface area (Å²) in [6, 6.07) is 3.82. The highest BCUT2D eigenvalue weighted by molar-refractivity contribution is 9.08. The number of carbonyl (C=O) groups excluding carboxylic acids is 1. The molecule has 0 heterocycles. The number of rotatable bonds is 3. The molecule has 0 fully saturated rings. The van der Waals surface area contributed by atoms with Crippen LogP contribution in [0.25, 0.3) is 0 Å². The van der Waals surface area contributed by atoms with Gasteiger partial charge in [0, 0.05) is 10.9 Å². The summed E-state index contributed by atoms with van der Waals surface area (Å²) in [5.41, 5.74) is 7.98. The molecule has 0 saturated carbocycles. The second-order valence-electron chi connectivity index (χ2n) is 2.72. The van der Waals surface area contributed by atoms with Gasteiger partial charge in [-0.15, -0.1) is 0 Å². The molecule has 0 bridgehead atoms. The molecule has 3 N–H and O–H groups in total. The molecule has 1 aromatic carbocycles. The van der Waals surface area contributed by atoms with Crippen LogP contribution in [-0.4, -0.2) is 12.2 Å². The van der Waals surface area contributed by atoms with Crippen LogP contribution in [0.3, 0.4) is 0 Å². The summed E-state index contributed by atoms with van der Waals surface area (Å²) in [5.74, 6) is -0.408. The lowest BCUT2D eigenvalue weighted by molar-refractivity contribution is 0.249. The van der Waals surface area contributed by atoms with E-state index < -0.39 is 11.8 Å². The largest absolute Gasteiger partial charge is 0.350 e. The van der Waals surface area contributed by atoms with Gasteiger partial charge in [-0.2, -0.15) is 5.10 Å². The van der Waals surface area contributed by atoms with Crippen LogP contribution in [-0.2, 0) is 5.33 Å². The van der Waals surface area contributed by atoms with Gasteiger partial charge in [-0.05, 0) is 17.7 Å². The van der Waals surface area contributed by atoms with Crippen molar-refractivity contribution in [2.45, 2.75) is 5.33 Å². The Morgan fingerprint density at radius 3 is 3.00 bits per heavy atom. The highest BCUT2D eigenvalue weighted by Crippen LogP contribution is 2.11. The van der Waals surface area contributed by atoms with E-state index in [0.29, 0.717) is 10.9 Å². The molecule has 0 radical (unpaired) electrons. The van der Waals surface area contributed by atoms with Gasteiger partial charge in [-0.3, -0.25) is 0 Å². The van der Waals surface area contributed by atoms with Crippen LogP contribution in [0.4, 0.5) is 9.18 Å². The molecule has 0 unspecified atom stereocenters. The first-order chi connectivity index (χ1) is 7.13. The number of hydrogen-bond donors (Lipinski definition) is 2. The maximum atomic E-state index is 13.2. The number of halogens is 2. The van der Waals surface area contributed by atoms with Gasteiger partial charge in [0.1, 0.15) is 5.82 Å². The number of primary amides is 1. The SMILES string of the molecule is NC(=O)NN=Cc1cc(CBr)ccc1F. The van der Waals surface area contributed by atoms with Crippen LogP contribution in [0.1, 0.15) is 11.1 Å². The van der Waals surface area contributed by atoms with Gasteiger partial charge in [-0.1, -0.05) is 22.0 Å². The molecule has 0 saturated heterocycles. The first-order valence-electron chi connectivity index (χ1n) is 4.06. The Morgan fingerprint density at radius 2 is 2.40 bits per heavy atom. The molecule has 15 heavy (non-hydrogen) atoms. The second kappa shape index (κ2) is 5.45. The smallest absolute Gasteiger partial charge is 0.332 e. The molecule has 0 aliphatic rings. The predicted octanol–water partition coefficient (Wildman–Crippen LogP) is 1.72. The van der Waals surface area contributed by atoms with Crippen molar-refractivity contribution >= 4 is 28.2 Å². The van der Waals surface area contributed by atoms with E-state index in [4.69, 9.17) is 5.73 Å². The van der Waals surface area contributed by atoms with Crippen molar-refractivity contribution in [2.24, 2.45) is 10.8 Å². The minimum atomic E-state index is -0.789. The average Bonchev–Trinajstić information content (AvgIpc) is 2.20. The van der Waals surface area contributed by atoms with Crippen molar-refractivity contribution in [3.8, 4) is 0 Å². The fourth-order valence-corrected chi connectivity index (χ4v) is 1.29. The van der Waals surface area contributed by atoms with E-state index in [1.54, 1.807) is 12.1 Å². The lowest BCUT2D eigenvalue weighted by Gasteiger charge is -1.99. The number of nitrogens with two attached hydrogens (primary N) is 1. The molecular weight excluding hydrogens is 265 g/mol. The third-order valence-corrected chi connectivity index (χ3v) is 2.24. The summed E-state index contributed by atoms with van der Waals surface area (Å²) < 4.78 is 13.2. The fourth-order valence-electron chi connectivity index (χ4n) is 0.941. The molecular formula is C9H9BrFN3O. The Kier molecular flexibility index (Phi) is 4.23. The Morgan fingerprint density at radius 1 is 1.67 bits per heavy atom. The van der Waals surface area contributed by atoms with Crippen molar-refractivity contribution in [3.63, 3.8) is 0 Å². The number of nitrogens with zero attached hydrogens (tertiary/aromatic N) is 1. The molecule has 0 spiro atoms. The van der Waals surface area contributed by atoms with Gasteiger partial charge in [0.15, 0.2) is 0 Å². The van der Waals surface area contributed by atoms with E-state index in [1.165, 1.54) is 12.3 Å². The lowest BCUT2D eigenvalue weighted by atomic mass is 10.1. The number of carbonyl (C=O) groups is 1. The normalized spacial score (nSPS) is 10.5. The van der Waals surface area contributed by atoms with E-state index in [-0.39, 0.29) is 0 Å².